The van der Waals surface area contributed by atoms with Gasteiger partial charge in [0.1, 0.15) is 0 Å². The maximum Gasteiger partial charge on any atom is 0.237 e. The molecule has 2 atom stereocenters. The summed E-state index contributed by atoms with van der Waals surface area (Å²) in [6, 6.07) is -0.115. The number of nitrogens with zero attached hydrogens (tertiary/aromatic N) is 1. The molecule has 0 saturated carbocycles. The topological polar surface area (TPSA) is 61.4 Å². The van der Waals surface area contributed by atoms with Gasteiger partial charge in [0.25, 0.3) is 0 Å². The van der Waals surface area contributed by atoms with Crippen molar-refractivity contribution >= 4 is 11.8 Å². The molecule has 1 fully saturated rings. The Morgan fingerprint density at radius 3 is 2.28 bits per heavy atom. The van der Waals surface area contributed by atoms with Gasteiger partial charge in [0.15, 0.2) is 0 Å². The fourth-order valence-corrected chi connectivity index (χ4v) is 3.98. The maximum atomic E-state index is 12.5. The van der Waals surface area contributed by atoms with Gasteiger partial charge in [-0.15, -0.1) is 0 Å². The molecule has 2 N–H and O–H groups in total. The van der Waals surface area contributed by atoms with Gasteiger partial charge in [-0.25, -0.2) is 0 Å². The lowest BCUT2D eigenvalue weighted by molar-refractivity contribution is -0.126. The molecule has 25 heavy (non-hydrogen) atoms. The molecule has 1 aliphatic rings. The first-order valence-electron chi connectivity index (χ1n) is 9.95. The number of nitrogens with one attached hydrogen (secondary N) is 2. The van der Waals surface area contributed by atoms with Crippen LogP contribution in [0.15, 0.2) is 0 Å². The second kappa shape index (κ2) is 10.1. The Morgan fingerprint density at radius 1 is 1.20 bits per heavy atom. The zero-order valence-corrected chi connectivity index (χ0v) is 17.2. The minimum atomic E-state index is -0.0633. The first kappa shape index (κ1) is 21.9. The van der Waals surface area contributed by atoms with Crippen LogP contribution in [0.2, 0.25) is 0 Å². The molecule has 1 aliphatic heterocycles. The van der Waals surface area contributed by atoms with Crippen LogP contribution >= 0.6 is 0 Å². The lowest BCUT2D eigenvalue weighted by Gasteiger charge is -2.22. The van der Waals surface area contributed by atoms with Crippen LogP contribution in [-0.2, 0) is 9.59 Å². The van der Waals surface area contributed by atoms with E-state index in [1.807, 2.05) is 14.0 Å². The molecule has 1 unspecified atom stereocenters. The third-order valence-corrected chi connectivity index (χ3v) is 5.12. The lowest BCUT2D eigenvalue weighted by Crippen LogP contribution is -2.48. The normalized spacial score (nSPS) is 21.3. The summed E-state index contributed by atoms with van der Waals surface area (Å²) in [5.41, 5.74) is 0.182. The van der Waals surface area contributed by atoms with Crippen molar-refractivity contribution in [2.24, 2.45) is 11.3 Å². The van der Waals surface area contributed by atoms with Gasteiger partial charge in [0.05, 0.1) is 6.04 Å². The van der Waals surface area contributed by atoms with Crippen molar-refractivity contribution < 1.29 is 9.59 Å². The first-order chi connectivity index (χ1) is 11.7. The number of hydrogen-bond acceptors (Lipinski definition) is 3. The van der Waals surface area contributed by atoms with Crippen LogP contribution in [0.1, 0.15) is 73.1 Å². The highest BCUT2D eigenvalue weighted by Crippen LogP contribution is 2.32. The largest absolute Gasteiger partial charge is 0.354 e. The summed E-state index contributed by atoms with van der Waals surface area (Å²) < 4.78 is 0. The van der Waals surface area contributed by atoms with Crippen molar-refractivity contribution in [1.82, 2.24) is 15.5 Å². The van der Waals surface area contributed by atoms with E-state index in [9.17, 15) is 9.59 Å². The highest BCUT2D eigenvalue weighted by atomic mass is 16.2. The van der Waals surface area contributed by atoms with Gasteiger partial charge in [-0.05, 0) is 31.7 Å². The zero-order chi connectivity index (χ0) is 19.0. The van der Waals surface area contributed by atoms with Crippen LogP contribution in [-0.4, -0.2) is 48.9 Å². The zero-order valence-electron chi connectivity index (χ0n) is 17.2. The number of carbonyl (C=O) groups is 2. The highest BCUT2D eigenvalue weighted by molar-refractivity contribution is 5.82. The van der Waals surface area contributed by atoms with Gasteiger partial charge in [0, 0.05) is 25.6 Å². The van der Waals surface area contributed by atoms with E-state index in [-0.39, 0.29) is 29.3 Å². The molecule has 0 aromatic carbocycles. The van der Waals surface area contributed by atoms with E-state index in [2.05, 4.69) is 43.2 Å². The molecule has 0 aliphatic carbocycles. The predicted octanol–water partition coefficient (Wildman–Crippen LogP) is 2.94. The Bertz CT molecular complexity index is 431. The smallest absolute Gasteiger partial charge is 0.237 e. The SMILES string of the molecule is CCCC(CCC)CC(=O)NC[C@H](C)NC(=O)C1CC(C)(C)CN1C. The van der Waals surface area contributed by atoms with Crippen LogP contribution in [0, 0.1) is 11.3 Å². The van der Waals surface area contributed by atoms with Gasteiger partial charge in [0.2, 0.25) is 11.8 Å². The fourth-order valence-electron chi connectivity index (χ4n) is 3.98. The molecular weight excluding hydrogens is 314 g/mol. The summed E-state index contributed by atoms with van der Waals surface area (Å²) in [4.78, 5) is 26.8. The maximum absolute atomic E-state index is 12.5. The number of carbonyl (C=O) groups excluding carboxylic acids is 2. The summed E-state index contributed by atoms with van der Waals surface area (Å²) in [5, 5.41) is 6.04. The standard InChI is InChI=1S/C20H39N3O2/c1-7-9-16(10-8-2)11-18(24)21-13-15(3)22-19(25)17-12-20(4,5)14-23(17)6/h15-17H,7-14H2,1-6H3,(H,21,24)(H,22,25)/t15-,17?/m0/s1. The average molecular weight is 354 g/mol. The van der Waals surface area contributed by atoms with Crippen molar-refractivity contribution in [3.8, 4) is 0 Å². The average Bonchev–Trinajstić information content (AvgIpc) is 2.79. The van der Waals surface area contributed by atoms with Gasteiger partial charge in [-0.3, -0.25) is 14.5 Å². The summed E-state index contributed by atoms with van der Waals surface area (Å²) in [6.07, 6.45) is 5.94. The van der Waals surface area contributed by atoms with E-state index in [0.29, 0.717) is 18.9 Å². The van der Waals surface area contributed by atoms with Gasteiger partial charge in [-0.2, -0.15) is 0 Å². The van der Waals surface area contributed by atoms with Crippen LogP contribution < -0.4 is 10.6 Å². The summed E-state index contributed by atoms with van der Waals surface area (Å²) in [5.74, 6) is 0.658. The molecule has 5 nitrogen and oxygen atoms in total. The number of hydrogen-bond donors (Lipinski definition) is 2. The second-order valence-corrected chi connectivity index (χ2v) is 8.66. The van der Waals surface area contributed by atoms with Crippen LogP contribution in [0.25, 0.3) is 0 Å². The van der Waals surface area contributed by atoms with Crippen molar-refractivity contribution in [3.05, 3.63) is 0 Å². The van der Waals surface area contributed by atoms with Crippen molar-refractivity contribution in [2.45, 2.75) is 85.2 Å². The first-order valence-corrected chi connectivity index (χ1v) is 9.95. The van der Waals surface area contributed by atoms with Crippen molar-refractivity contribution in [1.29, 1.82) is 0 Å². The Labute approximate surface area is 154 Å². The molecule has 0 aromatic heterocycles. The van der Waals surface area contributed by atoms with E-state index in [1.54, 1.807) is 0 Å². The van der Waals surface area contributed by atoms with E-state index in [0.717, 1.165) is 38.6 Å². The molecule has 0 aromatic rings. The Morgan fingerprint density at radius 2 is 1.80 bits per heavy atom. The number of amides is 2. The van der Waals surface area contributed by atoms with E-state index in [1.165, 1.54) is 0 Å². The van der Waals surface area contributed by atoms with Crippen molar-refractivity contribution in [3.63, 3.8) is 0 Å². The molecule has 1 rings (SSSR count). The Balaban J connectivity index is 2.35. The van der Waals surface area contributed by atoms with Crippen LogP contribution in [0.3, 0.4) is 0 Å². The van der Waals surface area contributed by atoms with Crippen LogP contribution in [0.4, 0.5) is 0 Å². The number of likely N-dealkylation sites (N-methyl/N-ethyl adjacent to an activating group) is 1. The lowest BCUT2D eigenvalue weighted by atomic mass is 9.90. The minimum Gasteiger partial charge on any atom is -0.354 e. The minimum absolute atomic E-state index is 0.0515. The Hall–Kier alpha value is -1.10. The molecule has 0 radical (unpaired) electrons. The molecule has 0 bridgehead atoms. The molecule has 1 saturated heterocycles. The molecular formula is C20H39N3O2. The molecule has 2 amide bonds. The monoisotopic (exact) mass is 353 g/mol. The van der Waals surface area contributed by atoms with Crippen LogP contribution in [0.5, 0.6) is 0 Å². The number of likely N-dealkylation sites (tertiary alicyclic amines) is 1. The third-order valence-electron chi connectivity index (χ3n) is 5.12. The van der Waals surface area contributed by atoms with Gasteiger partial charge < -0.3 is 10.6 Å². The van der Waals surface area contributed by atoms with Crippen molar-refractivity contribution in [2.75, 3.05) is 20.1 Å². The molecule has 146 valence electrons. The number of rotatable bonds is 10. The summed E-state index contributed by atoms with van der Waals surface area (Å²) >= 11 is 0. The highest BCUT2D eigenvalue weighted by Gasteiger charge is 2.39. The second-order valence-electron chi connectivity index (χ2n) is 8.66. The molecule has 1 heterocycles. The summed E-state index contributed by atoms with van der Waals surface area (Å²) in [6.45, 7) is 12.1. The van der Waals surface area contributed by atoms with E-state index >= 15 is 0 Å². The summed E-state index contributed by atoms with van der Waals surface area (Å²) in [7, 11) is 2.01. The molecule has 5 heteroatoms. The third kappa shape index (κ3) is 7.76. The predicted molar refractivity (Wildman–Crippen MR) is 103 cm³/mol. The fraction of sp³-hybridized carbons (Fsp3) is 0.900. The molecule has 0 spiro atoms. The van der Waals surface area contributed by atoms with E-state index in [4.69, 9.17) is 0 Å². The quantitative estimate of drug-likeness (QED) is 0.635. The Kier molecular flexibility index (Phi) is 8.91. The van der Waals surface area contributed by atoms with Gasteiger partial charge >= 0.3 is 0 Å². The van der Waals surface area contributed by atoms with E-state index < -0.39 is 0 Å². The van der Waals surface area contributed by atoms with Gasteiger partial charge in [-0.1, -0.05) is 53.4 Å².